The van der Waals surface area contributed by atoms with Crippen molar-refractivity contribution < 1.29 is 0 Å². The summed E-state index contributed by atoms with van der Waals surface area (Å²) in [6, 6.07) is -8.38. The Bertz CT molecular complexity index is 184. The van der Waals surface area contributed by atoms with Gasteiger partial charge in [0.2, 0.25) is 0 Å². The highest BCUT2D eigenvalue weighted by atomic mass is 35.9. The highest BCUT2D eigenvalue weighted by Crippen LogP contribution is 2.49. The third-order valence-electron chi connectivity index (χ3n) is 1.42. The Morgan fingerprint density at radius 3 is 1.00 bits per heavy atom. The third kappa shape index (κ3) is 10.8. The Labute approximate surface area is 134 Å². The molecule has 0 aromatic heterocycles. The first-order chi connectivity index (χ1) is 6.31. The average molecular weight is 444 g/mol. The van der Waals surface area contributed by atoms with Crippen molar-refractivity contribution in [1.29, 1.82) is 0 Å². The van der Waals surface area contributed by atoms with E-state index in [1.807, 2.05) is 0 Å². The largest absolute Gasteiger partial charge is 0.344 e. The fourth-order valence-electron chi connectivity index (χ4n) is 0.862. The topological polar surface area (TPSA) is 0 Å². The van der Waals surface area contributed by atoms with Gasteiger partial charge in [0.25, 0.3) is 0 Å². The predicted molar refractivity (Wildman–Crippen MR) is 83.3 cm³/mol. The van der Waals surface area contributed by atoms with E-state index in [4.69, 9.17) is 99.7 Å². The molecule has 0 aliphatic rings. The van der Waals surface area contributed by atoms with E-state index < -0.39 is 23.6 Å². The molecule has 0 saturated carbocycles. The molecule has 0 fully saturated rings. The molecule has 0 atom stereocenters. The molecule has 0 aromatic rings. The van der Waals surface area contributed by atoms with Gasteiger partial charge in [0.15, 0.2) is 0 Å². The van der Waals surface area contributed by atoms with Crippen LogP contribution >= 0.6 is 99.7 Å². The molecule has 15 heavy (non-hydrogen) atoms. The quantitative estimate of drug-likeness (QED) is 0.344. The number of hydrogen-bond donors (Lipinski definition) is 0. The highest BCUT2D eigenvalue weighted by molar-refractivity contribution is 7.69. The summed E-state index contributed by atoms with van der Waals surface area (Å²) in [5.41, 5.74) is -0.416. The number of halogens is 9. The van der Waals surface area contributed by atoms with Gasteiger partial charge in [-0.2, -0.15) is 0 Å². The monoisotopic (exact) mass is 440 g/mol. The second-order valence-electron chi connectivity index (χ2n) is 2.88. The maximum Gasteiger partial charge on any atom is 0.344 e. The fraction of sp³-hybridized carbons (Fsp3) is 1.00. The van der Waals surface area contributed by atoms with Crippen LogP contribution in [0, 0.1) is 0 Å². The summed E-state index contributed by atoms with van der Waals surface area (Å²) in [7, 11) is 0. The second-order valence-corrected chi connectivity index (χ2v) is 30.3. The van der Waals surface area contributed by atoms with Crippen LogP contribution in [0.1, 0.15) is 0 Å². The maximum atomic E-state index is 5.87. The van der Waals surface area contributed by atoms with Gasteiger partial charge < -0.3 is 0 Å². The smallest absolute Gasteiger partial charge is 0.126 e. The van der Waals surface area contributed by atoms with Crippen LogP contribution in [-0.4, -0.2) is 18.0 Å². The lowest BCUT2D eigenvalue weighted by Crippen LogP contribution is -2.30. The van der Waals surface area contributed by atoms with Crippen molar-refractivity contribution in [3.05, 3.63) is 0 Å². The van der Waals surface area contributed by atoms with Gasteiger partial charge in [-0.3, -0.25) is 0 Å². The summed E-state index contributed by atoms with van der Waals surface area (Å²) in [4.78, 5) is 0. The molecule has 0 bridgehead atoms. The van der Waals surface area contributed by atoms with Crippen molar-refractivity contribution in [2.45, 2.75) is 17.6 Å². The molecular formula is C3H5Cl9Si3. The molecule has 92 valence electrons. The lowest BCUT2D eigenvalue weighted by atomic mass is 10.5. The first kappa shape index (κ1) is 18.3. The van der Waals surface area contributed by atoms with Crippen LogP contribution in [0.3, 0.4) is 0 Å². The highest BCUT2D eigenvalue weighted by Gasteiger charge is 2.46. The van der Waals surface area contributed by atoms with Crippen LogP contribution in [-0.2, 0) is 0 Å². The van der Waals surface area contributed by atoms with Gasteiger partial charge in [0.1, 0.15) is 0 Å². The van der Waals surface area contributed by atoms with E-state index in [2.05, 4.69) is 0 Å². The summed E-state index contributed by atoms with van der Waals surface area (Å²) in [6.07, 6.45) is 0. The molecule has 0 radical (unpaired) electrons. The van der Waals surface area contributed by atoms with Crippen molar-refractivity contribution >= 4 is 118 Å². The minimum absolute atomic E-state index is 0.210. The van der Waals surface area contributed by atoms with Gasteiger partial charge in [-0.1, -0.05) is 0 Å². The average Bonchev–Trinajstić information content (AvgIpc) is 1.75. The number of rotatable bonds is 5. The van der Waals surface area contributed by atoms with Crippen LogP contribution in [0.15, 0.2) is 0 Å². The maximum absolute atomic E-state index is 5.87. The summed E-state index contributed by atoms with van der Waals surface area (Å²) in [5, 5.41) is 0. The van der Waals surface area contributed by atoms with Crippen molar-refractivity contribution in [2.75, 3.05) is 0 Å². The fourth-order valence-corrected chi connectivity index (χ4v) is 16.1. The molecule has 0 heterocycles. The Hall–Kier alpha value is 3.26. The molecule has 0 N–H and O–H groups in total. The SMILES string of the molecule is Cl[Si](Cl)(Cl)CC(C[Si](Cl)(Cl)Cl)[Si](Cl)(Cl)Cl. The molecule has 0 spiro atoms. The van der Waals surface area contributed by atoms with Crippen molar-refractivity contribution in [2.24, 2.45) is 0 Å². The summed E-state index contributed by atoms with van der Waals surface area (Å²) in [5.74, 6) is 0. The van der Waals surface area contributed by atoms with E-state index in [0.717, 1.165) is 0 Å². The van der Waals surface area contributed by atoms with Crippen molar-refractivity contribution in [3.8, 4) is 0 Å². The minimum Gasteiger partial charge on any atom is -0.126 e. The third-order valence-corrected chi connectivity index (χ3v) is 11.0. The van der Waals surface area contributed by atoms with Crippen LogP contribution in [0.2, 0.25) is 17.6 Å². The first-order valence-corrected chi connectivity index (χ1v) is 19.1. The predicted octanol–water partition coefficient (Wildman–Crippen LogP) is 6.32. The number of hydrogen-bond acceptors (Lipinski definition) is 0. The molecule has 0 aliphatic carbocycles. The van der Waals surface area contributed by atoms with Crippen molar-refractivity contribution in [1.82, 2.24) is 0 Å². The molecular weight excluding hydrogens is 439 g/mol. The molecule has 0 aliphatic heterocycles. The van der Waals surface area contributed by atoms with Gasteiger partial charge in [-0.05, 0) is 17.6 Å². The zero-order chi connectivity index (χ0) is 12.5. The molecule has 0 rings (SSSR count). The Morgan fingerprint density at radius 2 is 0.867 bits per heavy atom. The summed E-state index contributed by atoms with van der Waals surface area (Å²) in [6.45, 7) is 0. The van der Waals surface area contributed by atoms with E-state index >= 15 is 0 Å². The van der Waals surface area contributed by atoms with Crippen LogP contribution in [0.4, 0.5) is 0 Å². The Morgan fingerprint density at radius 1 is 0.600 bits per heavy atom. The Balaban J connectivity index is 4.62. The van der Waals surface area contributed by atoms with Gasteiger partial charge >= 0.3 is 18.0 Å². The zero-order valence-electron chi connectivity index (χ0n) is 6.89. The Kier molecular flexibility index (Phi) is 8.06. The van der Waals surface area contributed by atoms with Crippen LogP contribution < -0.4 is 0 Å². The molecule has 0 aromatic carbocycles. The molecule has 12 heteroatoms. The van der Waals surface area contributed by atoms with E-state index in [1.165, 1.54) is 0 Å². The summed E-state index contributed by atoms with van der Waals surface area (Å²) < 4.78 is 0. The lowest BCUT2D eigenvalue weighted by Gasteiger charge is -2.26. The van der Waals surface area contributed by atoms with Gasteiger partial charge in [-0.25, -0.2) is 0 Å². The molecule has 0 nitrogen and oxygen atoms in total. The normalized spacial score (nSPS) is 14.8. The molecule has 0 amide bonds. The van der Waals surface area contributed by atoms with E-state index in [9.17, 15) is 0 Å². The van der Waals surface area contributed by atoms with Crippen molar-refractivity contribution in [3.63, 3.8) is 0 Å². The van der Waals surface area contributed by atoms with Crippen LogP contribution in [0.25, 0.3) is 0 Å². The molecule has 0 unspecified atom stereocenters. The van der Waals surface area contributed by atoms with E-state index in [0.29, 0.717) is 0 Å². The molecule has 0 saturated heterocycles. The zero-order valence-corrected chi connectivity index (χ0v) is 16.7. The minimum atomic E-state index is -3.03. The van der Waals surface area contributed by atoms with Gasteiger partial charge in [0, 0.05) is 0 Å². The second kappa shape index (κ2) is 6.62. The van der Waals surface area contributed by atoms with Gasteiger partial charge in [-0.15, -0.1) is 99.7 Å². The summed E-state index contributed by atoms with van der Waals surface area (Å²) >= 11 is 52.2. The van der Waals surface area contributed by atoms with E-state index in [1.54, 1.807) is 0 Å². The lowest BCUT2D eigenvalue weighted by molar-refractivity contribution is 1.04. The van der Waals surface area contributed by atoms with Crippen LogP contribution in [0.5, 0.6) is 0 Å². The van der Waals surface area contributed by atoms with Gasteiger partial charge in [0.05, 0.1) is 0 Å². The standard InChI is InChI=1S/C3H5Cl9Si3/c4-13(5,6)1-3(15(10,11)12)2-14(7,8)9/h3H,1-2H2. The van der Waals surface area contributed by atoms with E-state index in [-0.39, 0.29) is 12.1 Å². The first-order valence-electron chi connectivity index (χ1n) is 3.51.